The maximum atomic E-state index is 8.96. The summed E-state index contributed by atoms with van der Waals surface area (Å²) < 4.78 is 0.935. The molecule has 0 aliphatic heterocycles. The first-order valence-electron chi connectivity index (χ1n) is 4.24. The van der Waals surface area contributed by atoms with Crippen LogP contribution in [0.15, 0.2) is 22.9 Å². The van der Waals surface area contributed by atoms with Crippen LogP contribution in [0.4, 0.5) is 5.69 Å². The molecule has 1 aromatic heterocycles. The number of anilines is 1. The number of hydrogen-bond acceptors (Lipinski definition) is 3. The Labute approximate surface area is 86.3 Å². The van der Waals surface area contributed by atoms with E-state index in [1.165, 1.54) is 0 Å². The summed E-state index contributed by atoms with van der Waals surface area (Å²) in [6, 6.07) is 2.04. The van der Waals surface area contributed by atoms with Crippen molar-refractivity contribution in [2.45, 2.75) is 19.4 Å². The Morgan fingerprint density at radius 2 is 2.38 bits per heavy atom. The second-order valence-corrected chi connectivity index (χ2v) is 3.74. The molecule has 1 heterocycles. The van der Waals surface area contributed by atoms with Gasteiger partial charge in [-0.1, -0.05) is 6.92 Å². The molecule has 0 aliphatic carbocycles. The van der Waals surface area contributed by atoms with E-state index in [1.54, 1.807) is 12.4 Å². The number of nitrogens with one attached hydrogen (secondary N) is 1. The molecule has 0 spiro atoms. The Hall–Kier alpha value is -0.610. The molecule has 0 bridgehead atoms. The second kappa shape index (κ2) is 5.19. The molecule has 1 aromatic rings. The number of aliphatic hydroxyl groups is 1. The number of rotatable bonds is 4. The maximum absolute atomic E-state index is 8.96. The monoisotopic (exact) mass is 244 g/mol. The molecule has 1 atom stereocenters. The molecular weight excluding hydrogens is 232 g/mol. The Morgan fingerprint density at radius 3 is 2.92 bits per heavy atom. The summed E-state index contributed by atoms with van der Waals surface area (Å²) in [5.74, 6) is 0. The van der Waals surface area contributed by atoms with Crippen LogP contribution in [0.1, 0.15) is 13.3 Å². The third kappa shape index (κ3) is 3.32. The van der Waals surface area contributed by atoms with Crippen molar-refractivity contribution >= 4 is 21.6 Å². The molecule has 72 valence electrons. The van der Waals surface area contributed by atoms with Crippen LogP contribution < -0.4 is 5.32 Å². The van der Waals surface area contributed by atoms with Gasteiger partial charge in [-0.25, -0.2) is 0 Å². The standard InChI is InChI=1S/C9H13BrN2O/c1-2-8(6-13)12-9-3-7(10)4-11-5-9/h3-5,8,12-13H,2,6H2,1H3/t8-/m1/s1. The first-order chi connectivity index (χ1) is 6.26. The number of hydrogen-bond donors (Lipinski definition) is 2. The van der Waals surface area contributed by atoms with Crippen LogP contribution in [-0.2, 0) is 0 Å². The van der Waals surface area contributed by atoms with Crippen molar-refractivity contribution in [2.75, 3.05) is 11.9 Å². The van der Waals surface area contributed by atoms with Gasteiger partial charge in [0.05, 0.1) is 18.5 Å². The molecule has 4 heteroatoms. The third-order valence-corrected chi connectivity index (χ3v) is 2.22. The van der Waals surface area contributed by atoms with Crippen molar-refractivity contribution in [1.82, 2.24) is 4.98 Å². The van der Waals surface area contributed by atoms with Crippen molar-refractivity contribution in [3.05, 3.63) is 22.9 Å². The van der Waals surface area contributed by atoms with Crippen LogP contribution in [0.2, 0.25) is 0 Å². The molecule has 13 heavy (non-hydrogen) atoms. The molecule has 0 amide bonds. The summed E-state index contributed by atoms with van der Waals surface area (Å²) in [4.78, 5) is 4.01. The van der Waals surface area contributed by atoms with Crippen molar-refractivity contribution < 1.29 is 5.11 Å². The Kier molecular flexibility index (Phi) is 4.18. The fraction of sp³-hybridized carbons (Fsp3) is 0.444. The highest BCUT2D eigenvalue weighted by atomic mass is 79.9. The lowest BCUT2D eigenvalue weighted by Gasteiger charge is -2.14. The summed E-state index contributed by atoms with van der Waals surface area (Å²) in [7, 11) is 0. The van der Waals surface area contributed by atoms with Gasteiger partial charge in [-0.15, -0.1) is 0 Å². The minimum absolute atomic E-state index is 0.107. The summed E-state index contributed by atoms with van der Waals surface area (Å²) in [5, 5.41) is 12.1. The molecular formula is C9H13BrN2O. The first kappa shape index (κ1) is 10.5. The second-order valence-electron chi connectivity index (χ2n) is 2.82. The highest BCUT2D eigenvalue weighted by Crippen LogP contribution is 2.14. The molecule has 0 aromatic carbocycles. The predicted molar refractivity (Wildman–Crippen MR) is 56.7 cm³/mol. The molecule has 2 N–H and O–H groups in total. The molecule has 0 saturated heterocycles. The van der Waals surface area contributed by atoms with Crippen molar-refractivity contribution in [3.8, 4) is 0 Å². The molecule has 0 saturated carbocycles. The zero-order chi connectivity index (χ0) is 9.68. The zero-order valence-corrected chi connectivity index (χ0v) is 9.08. The van der Waals surface area contributed by atoms with E-state index in [-0.39, 0.29) is 12.6 Å². The number of pyridine rings is 1. The number of nitrogens with zero attached hydrogens (tertiary/aromatic N) is 1. The first-order valence-corrected chi connectivity index (χ1v) is 5.03. The van der Waals surface area contributed by atoms with Gasteiger partial charge in [0.15, 0.2) is 0 Å². The molecule has 0 unspecified atom stereocenters. The highest BCUT2D eigenvalue weighted by Gasteiger charge is 2.03. The van der Waals surface area contributed by atoms with Gasteiger partial charge in [-0.2, -0.15) is 0 Å². The van der Waals surface area contributed by atoms with Gasteiger partial charge >= 0.3 is 0 Å². The maximum Gasteiger partial charge on any atom is 0.0632 e. The molecule has 0 radical (unpaired) electrons. The van der Waals surface area contributed by atoms with E-state index in [1.807, 2.05) is 13.0 Å². The molecule has 0 fully saturated rings. The smallest absolute Gasteiger partial charge is 0.0632 e. The van der Waals surface area contributed by atoms with E-state index < -0.39 is 0 Å². The van der Waals surface area contributed by atoms with Crippen LogP contribution in [0.5, 0.6) is 0 Å². The molecule has 0 aliphatic rings. The lowest BCUT2D eigenvalue weighted by molar-refractivity contribution is 0.272. The van der Waals surface area contributed by atoms with Crippen LogP contribution in [0.3, 0.4) is 0 Å². The Balaban J connectivity index is 2.62. The summed E-state index contributed by atoms with van der Waals surface area (Å²) >= 11 is 3.33. The van der Waals surface area contributed by atoms with Gasteiger partial charge in [0.25, 0.3) is 0 Å². The van der Waals surface area contributed by atoms with Crippen LogP contribution in [-0.4, -0.2) is 22.7 Å². The van der Waals surface area contributed by atoms with Crippen molar-refractivity contribution in [1.29, 1.82) is 0 Å². The van der Waals surface area contributed by atoms with Crippen LogP contribution in [0, 0.1) is 0 Å². The third-order valence-electron chi connectivity index (χ3n) is 1.79. The van der Waals surface area contributed by atoms with Crippen LogP contribution >= 0.6 is 15.9 Å². The predicted octanol–water partition coefficient (Wildman–Crippen LogP) is 2.03. The number of aliphatic hydroxyl groups excluding tert-OH is 1. The van der Waals surface area contributed by atoms with Gasteiger partial charge in [0.2, 0.25) is 0 Å². The van der Waals surface area contributed by atoms with E-state index in [0.717, 1.165) is 16.6 Å². The lowest BCUT2D eigenvalue weighted by Crippen LogP contribution is -2.22. The number of aromatic nitrogens is 1. The van der Waals surface area contributed by atoms with E-state index in [9.17, 15) is 0 Å². The van der Waals surface area contributed by atoms with Gasteiger partial charge in [-0.3, -0.25) is 4.98 Å². The molecule has 1 rings (SSSR count). The zero-order valence-electron chi connectivity index (χ0n) is 7.50. The highest BCUT2D eigenvalue weighted by molar-refractivity contribution is 9.10. The Morgan fingerprint density at radius 1 is 1.62 bits per heavy atom. The number of halogens is 1. The Bertz CT molecular complexity index is 264. The van der Waals surface area contributed by atoms with Gasteiger partial charge in [0, 0.05) is 16.7 Å². The SMILES string of the molecule is CC[C@H](CO)Nc1cncc(Br)c1. The van der Waals surface area contributed by atoms with E-state index in [2.05, 4.69) is 26.2 Å². The normalized spacial score (nSPS) is 12.5. The summed E-state index contributed by atoms with van der Waals surface area (Å²) in [6.45, 7) is 2.17. The van der Waals surface area contributed by atoms with Gasteiger partial charge < -0.3 is 10.4 Å². The lowest BCUT2D eigenvalue weighted by atomic mass is 10.2. The topological polar surface area (TPSA) is 45.1 Å². The summed E-state index contributed by atoms with van der Waals surface area (Å²) in [5.41, 5.74) is 0.926. The fourth-order valence-electron chi connectivity index (χ4n) is 1.00. The van der Waals surface area contributed by atoms with E-state index in [4.69, 9.17) is 5.11 Å². The van der Waals surface area contributed by atoms with E-state index >= 15 is 0 Å². The molecule has 3 nitrogen and oxygen atoms in total. The fourth-order valence-corrected chi connectivity index (χ4v) is 1.37. The summed E-state index contributed by atoms with van der Waals surface area (Å²) in [6.07, 6.45) is 4.36. The van der Waals surface area contributed by atoms with E-state index in [0.29, 0.717) is 0 Å². The van der Waals surface area contributed by atoms with Gasteiger partial charge in [-0.05, 0) is 28.4 Å². The average molecular weight is 245 g/mol. The minimum Gasteiger partial charge on any atom is -0.394 e. The minimum atomic E-state index is 0.107. The van der Waals surface area contributed by atoms with Crippen molar-refractivity contribution in [2.24, 2.45) is 0 Å². The quantitative estimate of drug-likeness (QED) is 0.853. The van der Waals surface area contributed by atoms with Gasteiger partial charge in [0.1, 0.15) is 0 Å². The van der Waals surface area contributed by atoms with Crippen LogP contribution in [0.25, 0.3) is 0 Å². The van der Waals surface area contributed by atoms with Crippen molar-refractivity contribution in [3.63, 3.8) is 0 Å². The average Bonchev–Trinajstić information content (AvgIpc) is 2.14. The largest absolute Gasteiger partial charge is 0.394 e.